The van der Waals surface area contributed by atoms with Gasteiger partial charge in [-0.25, -0.2) is 0 Å². The lowest BCUT2D eigenvalue weighted by molar-refractivity contribution is -0.143. The first-order chi connectivity index (χ1) is 14.0. The number of likely N-dealkylation sites (tertiary alicyclic amines) is 1. The molecule has 1 aliphatic carbocycles. The van der Waals surface area contributed by atoms with Crippen molar-refractivity contribution in [2.45, 2.75) is 31.6 Å². The highest BCUT2D eigenvalue weighted by molar-refractivity contribution is 5.98. The lowest BCUT2D eigenvalue weighted by Crippen LogP contribution is -2.40. The van der Waals surface area contributed by atoms with Crippen LogP contribution in [0.25, 0.3) is 0 Å². The molecule has 0 saturated carbocycles. The van der Waals surface area contributed by atoms with Crippen LogP contribution in [0.4, 0.5) is 5.69 Å². The van der Waals surface area contributed by atoms with E-state index >= 15 is 0 Å². The monoisotopic (exact) mass is 392 g/mol. The summed E-state index contributed by atoms with van der Waals surface area (Å²) < 4.78 is 0. The molecule has 29 heavy (non-hydrogen) atoms. The van der Waals surface area contributed by atoms with E-state index in [2.05, 4.69) is 11.4 Å². The van der Waals surface area contributed by atoms with Crippen LogP contribution in [-0.2, 0) is 16.0 Å². The van der Waals surface area contributed by atoms with Crippen LogP contribution in [0.3, 0.4) is 0 Å². The summed E-state index contributed by atoms with van der Waals surface area (Å²) in [5.41, 5.74) is 3.55. The molecule has 1 heterocycles. The third-order valence-electron chi connectivity index (χ3n) is 5.98. The van der Waals surface area contributed by atoms with Crippen molar-refractivity contribution in [2.75, 3.05) is 18.4 Å². The molecule has 6 nitrogen and oxygen atoms in total. The third kappa shape index (κ3) is 4.01. The van der Waals surface area contributed by atoms with E-state index in [1.54, 1.807) is 29.2 Å². The average Bonchev–Trinajstić information content (AvgIpc) is 3.18. The van der Waals surface area contributed by atoms with Gasteiger partial charge in [0.1, 0.15) is 0 Å². The number of aryl methyl sites for hydroxylation is 1. The lowest BCUT2D eigenvalue weighted by Gasteiger charge is -2.30. The summed E-state index contributed by atoms with van der Waals surface area (Å²) in [6.07, 6.45) is 2.70. The highest BCUT2D eigenvalue weighted by Crippen LogP contribution is 2.33. The molecular weight excluding hydrogens is 368 g/mol. The number of hydrogen-bond acceptors (Lipinski definition) is 3. The second-order valence-electron chi connectivity index (χ2n) is 7.76. The van der Waals surface area contributed by atoms with Gasteiger partial charge >= 0.3 is 5.97 Å². The van der Waals surface area contributed by atoms with Crippen LogP contribution < -0.4 is 5.32 Å². The largest absolute Gasteiger partial charge is 0.481 e. The summed E-state index contributed by atoms with van der Waals surface area (Å²) >= 11 is 0. The van der Waals surface area contributed by atoms with Gasteiger partial charge in [-0.15, -0.1) is 0 Å². The van der Waals surface area contributed by atoms with E-state index < -0.39 is 5.97 Å². The van der Waals surface area contributed by atoms with Crippen molar-refractivity contribution in [1.82, 2.24) is 4.90 Å². The maximum Gasteiger partial charge on any atom is 0.306 e. The van der Waals surface area contributed by atoms with Crippen molar-refractivity contribution >= 4 is 23.5 Å². The molecule has 0 aromatic heterocycles. The topological polar surface area (TPSA) is 86.7 Å². The Kier molecular flexibility index (Phi) is 5.34. The summed E-state index contributed by atoms with van der Waals surface area (Å²) in [6, 6.07) is 15.0. The number of fused-ring (bicyclic) bond motifs is 1. The molecule has 4 rings (SSSR count). The molecule has 150 valence electrons. The summed E-state index contributed by atoms with van der Waals surface area (Å²) in [6.45, 7) is 0.907. The predicted octanol–water partition coefficient (Wildman–Crippen LogP) is 3.29. The Morgan fingerprint density at radius 3 is 2.31 bits per heavy atom. The number of carboxylic acid groups (broad SMARTS) is 1. The Balaban J connectivity index is 1.37. The van der Waals surface area contributed by atoms with Gasteiger partial charge in [0, 0.05) is 24.3 Å². The lowest BCUT2D eigenvalue weighted by atomic mass is 9.96. The number of benzene rings is 2. The number of nitrogens with one attached hydrogen (secondary N) is 1. The number of aliphatic carboxylic acids is 1. The minimum absolute atomic E-state index is 0.0234. The zero-order valence-electron chi connectivity index (χ0n) is 16.1. The maximum absolute atomic E-state index is 12.7. The van der Waals surface area contributed by atoms with Crippen LogP contribution in [0.5, 0.6) is 0 Å². The van der Waals surface area contributed by atoms with Crippen molar-refractivity contribution < 1.29 is 19.5 Å². The van der Waals surface area contributed by atoms with Crippen molar-refractivity contribution in [3.8, 4) is 0 Å². The second kappa shape index (κ2) is 8.07. The van der Waals surface area contributed by atoms with Crippen molar-refractivity contribution in [1.29, 1.82) is 0 Å². The first kappa shape index (κ1) is 19.2. The van der Waals surface area contributed by atoms with Gasteiger partial charge in [0.2, 0.25) is 5.91 Å². The van der Waals surface area contributed by atoms with Crippen molar-refractivity contribution in [3.05, 3.63) is 65.2 Å². The van der Waals surface area contributed by atoms with Gasteiger partial charge in [-0.2, -0.15) is 0 Å². The van der Waals surface area contributed by atoms with Gasteiger partial charge in [-0.1, -0.05) is 24.3 Å². The van der Waals surface area contributed by atoms with E-state index in [1.807, 2.05) is 18.2 Å². The van der Waals surface area contributed by atoms with Crippen LogP contribution in [0.15, 0.2) is 48.5 Å². The standard InChI is InChI=1S/C23H24N2O4/c26-21(20-10-7-15-3-1-2-4-19(15)20)24-18-8-5-16(6-9-18)22(27)25-13-11-17(12-14-25)23(28)29/h1-6,8-9,17,20H,7,10-14H2,(H,24,26)(H,28,29). The fourth-order valence-electron chi connectivity index (χ4n) is 4.27. The molecule has 6 heteroatoms. The SMILES string of the molecule is O=C(O)C1CCN(C(=O)c2ccc(NC(=O)C3CCc4ccccc43)cc2)CC1. The molecule has 1 atom stereocenters. The normalized spacial score (nSPS) is 18.9. The number of piperidine rings is 1. The molecule has 0 bridgehead atoms. The highest BCUT2D eigenvalue weighted by Gasteiger charge is 2.29. The van der Waals surface area contributed by atoms with Crippen LogP contribution >= 0.6 is 0 Å². The first-order valence-corrected chi connectivity index (χ1v) is 10.0. The maximum atomic E-state index is 12.7. The molecule has 1 fully saturated rings. The third-order valence-corrected chi connectivity index (χ3v) is 5.98. The molecule has 1 saturated heterocycles. The van der Waals surface area contributed by atoms with E-state index in [0.717, 1.165) is 18.4 Å². The summed E-state index contributed by atoms with van der Waals surface area (Å²) in [5, 5.41) is 12.0. The first-order valence-electron chi connectivity index (χ1n) is 10.0. The minimum atomic E-state index is -0.790. The molecule has 2 amide bonds. The second-order valence-corrected chi connectivity index (χ2v) is 7.76. The quantitative estimate of drug-likeness (QED) is 0.836. The Morgan fingerprint density at radius 1 is 0.931 bits per heavy atom. The molecule has 2 aromatic carbocycles. The zero-order valence-corrected chi connectivity index (χ0v) is 16.1. The molecule has 1 unspecified atom stereocenters. The van der Waals surface area contributed by atoms with E-state index in [9.17, 15) is 14.4 Å². The number of carboxylic acids is 1. The fraction of sp³-hybridized carbons (Fsp3) is 0.348. The molecule has 0 radical (unpaired) electrons. The molecule has 0 spiro atoms. The Bertz CT molecular complexity index is 930. The summed E-state index contributed by atoms with van der Waals surface area (Å²) in [5.74, 6) is -1.41. The number of hydrogen-bond donors (Lipinski definition) is 2. The van der Waals surface area contributed by atoms with Crippen LogP contribution in [-0.4, -0.2) is 40.9 Å². The number of anilines is 1. The van der Waals surface area contributed by atoms with Crippen molar-refractivity contribution in [3.63, 3.8) is 0 Å². The van der Waals surface area contributed by atoms with E-state index in [4.69, 9.17) is 5.11 Å². The van der Waals surface area contributed by atoms with Crippen molar-refractivity contribution in [2.24, 2.45) is 5.92 Å². The van der Waals surface area contributed by atoms with Crippen LogP contribution in [0.2, 0.25) is 0 Å². The molecular formula is C23H24N2O4. The predicted molar refractivity (Wildman–Crippen MR) is 109 cm³/mol. The molecule has 2 N–H and O–H groups in total. The average molecular weight is 392 g/mol. The molecule has 2 aromatic rings. The molecule has 2 aliphatic rings. The van der Waals surface area contributed by atoms with E-state index in [0.29, 0.717) is 37.2 Å². The number of rotatable bonds is 4. The van der Waals surface area contributed by atoms with Crippen LogP contribution in [0, 0.1) is 5.92 Å². The van der Waals surface area contributed by atoms with Gasteiger partial charge < -0.3 is 15.3 Å². The number of nitrogens with zero attached hydrogens (tertiary/aromatic N) is 1. The van der Waals surface area contributed by atoms with Gasteiger partial charge in [0.25, 0.3) is 5.91 Å². The summed E-state index contributed by atoms with van der Waals surface area (Å²) in [4.78, 5) is 38.1. The summed E-state index contributed by atoms with van der Waals surface area (Å²) in [7, 11) is 0. The van der Waals surface area contributed by atoms with E-state index in [1.165, 1.54) is 5.56 Å². The Hall–Kier alpha value is -3.15. The van der Waals surface area contributed by atoms with Gasteiger partial charge in [0.05, 0.1) is 11.8 Å². The van der Waals surface area contributed by atoms with Crippen LogP contribution in [0.1, 0.15) is 46.7 Å². The van der Waals surface area contributed by atoms with E-state index in [-0.39, 0.29) is 23.7 Å². The zero-order chi connectivity index (χ0) is 20.4. The minimum Gasteiger partial charge on any atom is -0.481 e. The Morgan fingerprint density at radius 2 is 1.62 bits per heavy atom. The van der Waals surface area contributed by atoms with Gasteiger partial charge in [0.15, 0.2) is 0 Å². The van der Waals surface area contributed by atoms with Gasteiger partial charge in [-0.05, 0) is 61.1 Å². The fourth-order valence-corrected chi connectivity index (χ4v) is 4.27. The number of amides is 2. The van der Waals surface area contributed by atoms with Gasteiger partial charge in [-0.3, -0.25) is 14.4 Å². The number of carbonyl (C=O) groups excluding carboxylic acids is 2. The molecule has 1 aliphatic heterocycles. The number of carbonyl (C=O) groups is 3. The smallest absolute Gasteiger partial charge is 0.306 e. The highest BCUT2D eigenvalue weighted by atomic mass is 16.4. The Labute approximate surface area is 169 Å².